The van der Waals surface area contributed by atoms with Crippen LogP contribution in [0.15, 0.2) is 41.7 Å². The SMILES string of the molecule is C=CC(=O)N1CCN2c3nc(=O)n(C(C)(C)C)c4nc(-c5ccccc5F)c(Cl)c(c34)OC[C@H]2C1. The number of benzene rings is 1. The summed E-state index contributed by atoms with van der Waals surface area (Å²) < 4.78 is 22.5. The molecule has 1 atom stereocenters. The Morgan fingerprint density at radius 2 is 2.00 bits per heavy atom. The first kappa shape index (κ1) is 23.3. The Morgan fingerprint density at radius 1 is 1.26 bits per heavy atom. The number of ether oxygens (including phenoxy) is 1. The molecule has 5 rings (SSSR count). The monoisotopic (exact) mass is 497 g/mol. The van der Waals surface area contributed by atoms with Gasteiger partial charge in [0.25, 0.3) is 0 Å². The van der Waals surface area contributed by atoms with Gasteiger partial charge in [0.1, 0.15) is 28.7 Å². The van der Waals surface area contributed by atoms with Crippen LogP contribution in [0.1, 0.15) is 20.8 Å². The Hall–Kier alpha value is -3.46. The van der Waals surface area contributed by atoms with Crippen LogP contribution in [0.25, 0.3) is 22.3 Å². The summed E-state index contributed by atoms with van der Waals surface area (Å²) in [5.74, 6) is 0.0424. The summed E-state index contributed by atoms with van der Waals surface area (Å²) in [6.07, 6.45) is 1.28. The molecule has 2 aliphatic heterocycles. The number of aromatic nitrogens is 3. The van der Waals surface area contributed by atoms with Crippen molar-refractivity contribution in [2.75, 3.05) is 31.1 Å². The molecule has 1 saturated heterocycles. The van der Waals surface area contributed by atoms with Gasteiger partial charge in [-0.1, -0.05) is 30.3 Å². The van der Waals surface area contributed by atoms with Gasteiger partial charge in [0, 0.05) is 30.7 Å². The van der Waals surface area contributed by atoms with Gasteiger partial charge in [0.2, 0.25) is 5.91 Å². The smallest absolute Gasteiger partial charge is 0.351 e. The minimum atomic E-state index is -0.673. The van der Waals surface area contributed by atoms with E-state index in [4.69, 9.17) is 21.3 Å². The van der Waals surface area contributed by atoms with Crippen LogP contribution in [0.4, 0.5) is 10.2 Å². The van der Waals surface area contributed by atoms with Crippen molar-refractivity contribution in [2.24, 2.45) is 0 Å². The maximum Gasteiger partial charge on any atom is 0.351 e. The van der Waals surface area contributed by atoms with Gasteiger partial charge in [-0.3, -0.25) is 9.36 Å². The van der Waals surface area contributed by atoms with Gasteiger partial charge in [-0.2, -0.15) is 4.98 Å². The van der Waals surface area contributed by atoms with Gasteiger partial charge >= 0.3 is 5.69 Å². The number of carbonyl (C=O) groups is 1. The first-order valence-corrected chi connectivity index (χ1v) is 11.7. The molecule has 1 aromatic carbocycles. The number of anilines is 1. The van der Waals surface area contributed by atoms with Crippen LogP contribution in [-0.2, 0) is 10.3 Å². The number of hydrogen-bond donors (Lipinski definition) is 0. The molecule has 0 saturated carbocycles. The zero-order valence-corrected chi connectivity index (χ0v) is 20.5. The average molecular weight is 498 g/mol. The minimum Gasteiger partial charge on any atom is -0.489 e. The lowest BCUT2D eigenvalue weighted by atomic mass is 10.1. The predicted octanol–water partition coefficient (Wildman–Crippen LogP) is 3.60. The summed E-state index contributed by atoms with van der Waals surface area (Å²) >= 11 is 6.81. The molecule has 0 radical (unpaired) electrons. The molecule has 35 heavy (non-hydrogen) atoms. The van der Waals surface area contributed by atoms with E-state index in [-0.39, 0.29) is 34.8 Å². The molecule has 0 unspecified atom stereocenters. The van der Waals surface area contributed by atoms with Crippen molar-refractivity contribution in [3.63, 3.8) is 0 Å². The maximum atomic E-state index is 14.8. The van der Waals surface area contributed by atoms with Crippen LogP contribution in [0.3, 0.4) is 0 Å². The number of hydrogen-bond acceptors (Lipinski definition) is 6. The highest BCUT2D eigenvalue weighted by Gasteiger charge is 2.37. The molecule has 2 aliphatic rings. The number of rotatable bonds is 2. The summed E-state index contributed by atoms with van der Waals surface area (Å²) in [5, 5.41) is 0.638. The number of amides is 1. The van der Waals surface area contributed by atoms with Crippen LogP contribution in [0.5, 0.6) is 5.75 Å². The molecule has 3 aromatic rings. The largest absolute Gasteiger partial charge is 0.489 e. The van der Waals surface area contributed by atoms with Crippen LogP contribution in [0.2, 0.25) is 5.02 Å². The quantitative estimate of drug-likeness (QED) is 0.503. The zero-order valence-electron chi connectivity index (χ0n) is 19.7. The van der Waals surface area contributed by atoms with Gasteiger partial charge in [-0.25, -0.2) is 14.2 Å². The number of piperazine rings is 1. The van der Waals surface area contributed by atoms with Crippen molar-refractivity contribution in [2.45, 2.75) is 32.4 Å². The van der Waals surface area contributed by atoms with Gasteiger partial charge in [-0.15, -0.1) is 0 Å². The fraction of sp³-hybridized carbons (Fsp3) is 0.360. The lowest BCUT2D eigenvalue weighted by Gasteiger charge is -2.40. The average Bonchev–Trinajstić information content (AvgIpc) is 2.97. The topological polar surface area (TPSA) is 80.6 Å². The third-order valence-corrected chi connectivity index (χ3v) is 6.72. The lowest BCUT2D eigenvalue weighted by molar-refractivity contribution is -0.126. The highest BCUT2D eigenvalue weighted by atomic mass is 35.5. The van der Waals surface area contributed by atoms with Crippen molar-refractivity contribution in [1.29, 1.82) is 0 Å². The Morgan fingerprint density at radius 3 is 2.69 bits per heavy atom. The van der Waals surface area contributed by atoms with Crippen LogP contribution < -0.4 is 15.3 Å². The minimum absolute atomic E-state index is 0.142. The second-order valence-corrected chi connectivity index (χ2v) is 10.0. The highest BCUT2D eigenvalue weighted by Crippen LogP contribution is 2.45. The van der Waals surface area contributed by atoms with Gasteiger partial charge < -0.3 is 14.5 Å². The van der Waals surface area contributed by atoms with E-state index < -0.39 is 17.0 Å². The summed E-state index contributed by atoms with van der Waals surface area (Å²) in [6.45, 7) is 10.6. The van der Waals surface area contributed by atoms with Crippen molar-refractivity contribution in [3.8, 4) is 17.0 Å². The van der Waals surface area contributed by atoms with Crippen molar-refractivity contribution < 1.29 is 13.9 Å². The lowest BCUT2D eigenvalue weighted by Crippen LogP contribution is -2.57. The molecule has 8 nitrogen and oxygen atoms in total. The van der Waals surface area contributed by atoms with Crippen LogP contribution in [0, 0.1) is 5.82 Å². The fourth-order valence-corrected chi connectivity index (χ4v) is 5.04. The summed E-state index contributed by atoms with van der Waals surface area (Å²) in [7, 11) is 0. The second kappa shape index (κ2) is 8.34. The van der Waals surface area contributed by atoms with Crippen LogP contribution >= 0.6 is 11.6 Å². The standard InChI is InChI=1S/C25H25ClFN5O3/c1-5-17(33)30-10-11-31-14(12-30)13-35-21-18-22(31)29-24(34)32(25(2,3)4)23(18)28-20(19(21)26)15-8-6-7-9-16(15)27/h5-9,14H,1,10-13H2,2-4H3/t14-/m1/s1. The van der Waals surface area contributed by atoms with Crippen molar-refractivity contribution in [1.82, 2.24) is 19.4 Å². The Bertz CT molecular complexity index is 1430. The molecule has 0 bridgehead atoms. The molecule has 10 heteroatoms. The van der Waals surface area contributed by atoms with Crippen LogP contribution in [-0.4, -0.2) is 57.6 Å². The van der Waals surface area contributed by atoms with E-state index in [0.29, 0.717) is 42.2 Å². The molecule has 4 heterocycles. The number of pyridine rings is 1. The Kier molecular flexibility index (Phi) is 5.55. The molecule has 1 fully saturated rings. The van der Waals surface area contributed by atoms with E-state index >= 15 is 0 Å². The Labute approximate surface area is 206 Å². The molecule has 1 amide bonds. The molecule has 2 aromatic heterocycles. The molecular formula is C25H25ClFN5O3. The number of fused-ring (bicyclic) bond motifs is 2. The predicted molar refractivity (Wildman–Crippen MR) is 133 cm³/mol. The van der Waals surface area contributed by atoms with E-state index in [2.05, 4.69) is 11.6 Å². The summed E-state index contributed by atoms with van der Waals surface area (Å²) in [6, 6.07) is 5.92. The summed E-state index contributed by atoms with van der Waals surface area (Å²) in [4.78, 5) is 38.5. The molecule has 0 aliphatic carbocycles. The summed E-state index contributed by atoms with van der Waals surface area (Å²) in [5.41, 5.74) is -0.449. The van der Waals surface area contributed by atoms with Gasteiger partial charge in [0.15, 0.2) is 11.4 Å². The normalized spacial score (nSPS) is 17.6. The molecule has 182 valence electrons. The number of nitrogens with zero attached hydrogens (tertiary/aromatic N) is 5. The van der Waals surface area contributed by atoms with E-state index in [1.807, 2.05) is 25.7 Å². The molecule has 0 spiro atoms. The Balaban J connectivity index is 1.81. The van der Waals surface area contributed by atoms with E-state index in [1.54, 1.807) is 23.1 Å². The second-order valence-electron chi connectivity index (χ2n) is 9.65. The van der Waals surface area contributed by atoms with Crippen molar-refractivity contribution >= 4 is 34.4 Å². The first-order chi connectivity index (χ1) is 16.6. The first-order valence-electron chi connectivity index (χ1n) is 11.3. The third-order valence-electron chi connectivity index (χ3n) is 6.36. The third kappa shape index (κ3) is 3.74. The molecule has 0 N–H and O–H groups in total. The maximum absolute atomic E-state index is 14.8. The van der Waals surface area contributed by atoms with Gasteiger partial charge in [0.05, 0.1) is 11.7 Å². The zero-order chi connectivity index (χ0) is 25.1. The van der Waals surface area contributed by atoms with E-state index in [0.717, 1.165) is 0 Å². The fourth-order valence-electron chi connectivity index (χ4n) is 4.75. The van der Waals surface area contributed by atoms with E-state index in [1.165, 1.54) is 16.7 Å². The molecular weight excluding hydrogens is 473 g/mol. The number of halogens is 2. The van der Waals surface area contributed by atoms with E-state index in [9.17, 15) is 14.0 Å². The highest BCUT2D eigenvalue weighted by molar-refractivity contribution is 6.36. The van der Waals surface area contributed by atoms with Gasteiger partial charge in [-0.05, 0) is 39.0 Å². The number of carbonyl (C=O) groups excluding carboxylic acids is 1. The van der Waals surface area contributed by atoms with Crippen molar-refractivity contribution in [3.05, 3.63) is 58.2 Å².